The van der Waals surface area contributed by atoms with Crippen LogP contribution in [0, 0.1) is 5.82 Å². The van der Waals surface area contributed by atoms with E-state index in [1.54, 1.807) is 11.0 Å². The van der Waals surface area contributed by atoms with Crippen molar-refractivity contribution in [2.75, 3.05) is 18.1 Å². The summed E-state index contributed by atoms with van der Waals surface area (Å²) in [6.45, 7) is 1.17. The van der Waals surface area contributed by atoms with Crippen LogP contribution in [-0.4, -0.2) is 30.1 Å². The molecule has 0 saturated carbocycles. The van der Waals surface area contributed by atoms with Crippen molar-refractivity contribution in [3.63, 3.8) is 0 Å². The number of carbonyl (C=O) groups is 1. The third kappa shape index (κ3) is 3.61. The maximum atomic E-state index is 14.0. The number of benzene rings is 2. The molecule has 1 aliphatic rings. The van der Waals surface area contributed by atoms with Crippen molar-refractivity contribution in [1.29, 1.82) is 0 Å². The van der Waals surface area contributed by atoms with E-state index in [1.165, 1.54) is 17.4 Å². The normalized spacial score (nSPS) is 16.9. The third-order valence-corrected chi connectivity index (χ3v) is 5.54. The zero-order valence-electron chi connectivity index (χ0n) is 14.2. The van der Waals surface area contributed by atoms with Gasteiger partial charge in [-0.05, 0) is 30.5 Å². The molecule has 1 saturated heterocycles. The largest absolute Gasteiger partial charge is 0.376 e. The molecule has 0 N–H and O–H groups in total. The summed E-state index contributed by atoms with van der Waals surface area (Å²) in [5.74, 6) is -0.413. The molecule has 26 heavy (non-hydrogen) atoms. The molecule has 2 aromatic carbocycles. The molecule has 3 aromatic rings. The number of nitrogens with zero attached hydrogens (tertiary/aromatic N) is 2. The first-order chi connectivity index (χ1) is 12.7. The Morgan fingerprint density at radius 1 is 1.23 bits per heavy atom. The van der Waals surface area contributed by atoms with E-state index in [-0.39, 0.29) is 24.2 Å². The topological polar surface area (TPSA) is 42.4 Å². The Kier molecular flexibility index (Phi) is 4.95. The minimum atomic E-state index is -0.363. The van der Waals surface area contributed by atoms with Crippen molar-refractivity contribution in [1.82, 2.24) is 4.98 Å². The van der Waals surface area contributed by atoms with E-state index in [4.69, 9.17) is 4.74 Å². The Hall–Kier alpha value is -2.31. The second kappa shape index (κ2) is 7.51. The molecule has 0 spiro atoms. The lowest BCUT2D eigenvalue weighted by Crippen LogP contribution is -2.38. The Balaban J connectivity index is 1.64. The number of carbonyl (C=O) groups excluding carboxylic acids is 1. The van der Waals surface area contributed by atoms with Gasteiger partial charge in [0.25, 0.3) is 0 Å². The van der Waals surface area contributed by atoms with Gasteiger partial charge in [-0.3, -0.25) is 9.69 Å². The van der Waals surface area contributed by atoms with E-state index in [1.807, 2.05) is 36.4 Å². The van der Waals surface area contributed by atoms with Gasteiger partial charge in [-0.2, -0.15) is 0 Å². The van der Waals surface area contributed by atoms with Crippen LogP contribution < -0.4 is 4.90 Å². The highest BCUT2D eigenvalue weighted by Gasteiger charge is 2.26. The van der Waals surface area contributed by atoms with Crippen molar-refractivity contribution in [3.8, 4) is 0 Å². The molecule has 6 heteroatoms. The summed E-state index contributed by atoms with van der Waals surface area (Å²) in [4.78, 5) is 19.1. The zero-order valence-corrected chi connectivity index (χ0v) is 15.0. The van der Waals surface area contributed by atoms with Gasteiger partial charge in [0.1, 0.15) is 11.3 Å². The van der Waals surface area contributed by atoms with Crippen LogP contribution in [0.5, 0.6) is 0 Å². The first-order valence-electron chi connectivity index (χ1n) is 8.71. The van der Waals surface area contributed by atoms with Gasteiger partial charge >= 0.3 is 0 Å². The predicted octanol–water partition coefficient (Wildman–Crippen LogP) is 4.19. The monoisotopic (exact) mass is 370 g/mol. The van der Waals surface area contributed by atoms with Crippen LogP contribution >= 0.6 is 11.3 Å². The number of thiazole rings is 1. The van der Waals surface area contributed by atoms with Crippen molar-refractivity contribution < 1.29 is 13.9 Å². The Labute approximate surface area is 155 Å². The number of amides is 1. The van der Waals surface area contributed by atoms with Crippen molar-refractivity contribution in [2.24, 2.45) is 0 Å². The summed E-state index contributed by atoms with van der Waals surface area (Å²) in [7, 11) is 0. The van der Waals surface area contributed by atoms with Crippen LogP contribution in [0.2, 0.25) is 0 Å². The molecule has 1 unspecified atom stereocenters. The van der Waals surface area contributed by atoms with Crippen LogP contribution in [0.4, 0.5) is 9.52 Å². The molecule has 0 radical (unpaired) electrons. The minimum Gasteiger partial charge on any atom is -0.376 e. The van der Waals surface area contributed by atoms with E-state index in [0.717, 1.165) is 29.7 Å². The third-order valence-electron chi connectivity index (χ3n) is 4.50. The van der Waals surface area contributed by atoms with Crippen LogP contribution in [0.1, 0.15) is 18.4 Å². The summed E-state index contributed by atoms with van der Waals surface area (Å²) in [6, 6.07) is 14.5. The maximum Gasteiger partial charge on any atom is 0.233 e. The number of aromatic nitrogens is 1. The molecular weight excluding hydrogens is 351 g/mol. The molecule has 1 aliphatic heterocycles. The molecule has 1 aromatic heterocycles. The standard InChI is InChI=1S/C20H19FN2O2S/c21-16-9-4-10-17-19(16)22-20(26-17)23(13-15-8-5-11-25-15)18(24)12-14-6-2-1-3-7-14/h1-4,6-7,9-10,15H,5,8,11-13H2. The molecule has 4 rings (SSSR count). The first-order valence-corrected chi connectivity index (χ1v) is 9.53. The van der Waals surface area contributed by atoms with E-state index in [9.17, 15) is 9.18 Å². The predicted molar refractivity (Wildman–Crippen MR) is 101 cm³/mol. The highest BCUT2D eigenvalue weighted by molar-refractivity contribution is 7.22. The molecular formula is C20H19FN2O2S. The SMILES string of the molecule is O=C(Cc1ccccc1)N(CC1CCCO1)c1nc2c(F)cccc2s1. The highest BCUT2D eigenvalue weighted by Crippen LogP contribution is 2.31. The van der Waals surface area contributed by atoms with E-state index in [2.05, 4.69) is 4.98 Å². The maximum absolute atomic E-state index is 14.0. The highest BCUT2D eigenvalue weighted by atomic mass is 32.1. The van der Waals surface area contributed by atoms with Gasteiger partial charge < -0.3 is 4.74 Å². The van der Waals surface area contributed by atoms with Gasteiger partial charge in [0.15, 0.2) is 5.13 Å². The van der Waals surface area contributed by atoms with Gasteiger partial charge in [-0.1, -0.05) is 47.7 Å². The fraction of sp³-hybridized carbons (Fsp3) is 0.300. The zero-order chi connectivity index (χ0) is 17.9. The first kappa shape index (κ1) is 17.1. The number of anilines is 1. The Morgan fingerprint density at radius 3 is 2.81 bits per heavy atom. The van der Waals surface area contributed by atoms with E-state index < -0.39 is 0 Å². The van der Waals surface area contributed by atoms with Crippen molar-refractivity contribution in [3.05, 3.63) is 59.9 Å². The number of fused-ring (bicyclic) bond motifs is 1. The number of rotatable bonds is 5. The van der Waals surface area contributed by atoms with Crippen LogP contribution in [-0.2, 0) is 16.0 Å². The average molecular weight is 370 g/mol. The molecule has 134 valence electrons. The Bertz CT molecular complexity index is 907. The lowest BCUT2D eigenvalue weighted by atomic mass is 10.1. The molecule has 4 nitrogen and oxygen atoms in total. The molecule has 2 heterocycles. The fourth-order valence-corrected chi connectivity index (χ4v) is 4.17. The molecule has 1 atom stereocenters. The van der Waals surface area contributed by atoms with Crippen LogP contribution in [0.15, 0.2) is 48.5 Å². The number of ether oxygens (including phenoxy) is 1. The average Bonchev–Trinajstić information content (AvgIpc) is 3.30. The van der Waals surface area contributed by atoms with E-state index >= 15 is 0 Å². The summed E-state index contributed by atoms with van der Waals surface area (Å²) >= 11 is 1.34. The van der Waals surface area contributed by atoms with Gasteiger partial charge in [-0.25, -0.2) is 9.37 Å². The smallest absolute Gasteiger partial charge is 0.233 e. The molecule has 1 amide bonds. The van der Waals surface area contributed by atoms with Crippen molar-refractivity contribution >= 4 is 32.6 Å². The van der Waals surface area contributed by atoms with Gasteiger partial charge in [0.05, 0.1) is 23.8 Å². The number of halogens is 1. The summed E-state index contributed by atoms with van der Waals surface area (Å²) in [5, 5.41) is 0.529. The second-order valence-corrected chi connectivity index (χ2v) is 7.39. The van der Waals surface area contributed by atoms with E-state index in [0.29, 0.717) is 17.2 Å². The summed E-state index contributed by atoms with van der Waals surface area (Å²) < 4.78 is 20.5. The van der Waals surface area contributed by atoms with Gasteiger partial charge in [0, 0.05) is 6.61 Å². The number of hydrogen-bond donors (Lipinski definition) is 0. The lowest BCUT2D eigenvalue weighted by Gasteiger charge is -2.23. The second-order valence-electron chi connectivity index (χ2n) is 6.38. The quantitative estimate of drug-likeness (QED) is 0.676. The lowest BCUT2D eigenvalue weighted by molar-refractivity contribution is -0.118. The summed E-state index contributed by atoms with van der Waals surface area (Å²) in [5.41, 5.74) is 1.26. The summed E-state index contributed by atoms with van der Waals surface area (Å²) in [6.07, 6.45) is 2.21. The molecule has 0 bridgehead atoms. The number of para-hydroxylation sites is 1. The number of hydrogen-bond acceptors (Lipinski definition) is 4. The fourth-order valence-electron chi connectivity index (χ4n) is 3.16. The Morgan fingerprint density at radius 2 is 2.08 bits per heavy atom. The van der Waals surface area contributed by atoms with Gasteiger partial charge in [0.2, 0.25) is 5.91 Å². The van der Waals surface area contributed by atoms with Gasteiger partial charge in [-0.15, -0.1) is 0 Å². The molecule has 1 fully saturated rings. The van der Waals surface area contributed by atoms with Crippen LogP contribution in [0.3, 0.4) is 0 Å². The minimum absolute atomic E-state index is 0.00609. The van der Waals surface area contributed by atoms with Crippen molar-refractivity contribution in [2.45, 2.75) is 25.4 Å². The molecule has 0 aliphatic carbocycles. The van der Waals surface area contributed by atoms with Crippen LogP contribution in [0.25, 0.3) is 10.2 Å².